The van der Waals surface area contributed by atoms with E-state index in [0.29, 0.717) is 5.69 Å². The molecule has 2 N–H and O–H groups in total. The molecule has 0 heterocycles. The van der Waals surface area contributed by atoms with Crippen LogP contribution in [0.2, 0.25) is 0 Å². The molecular formula is C24H22N2O2. The summed E-state index contributed by atoms with van der Waals surface area (Å²) in [5, 5.41) is 5.59. The van der Waals surface area contributed by atoms with Gasteiger partial charge in [-0.1, -0.05) is 72.8 Å². The predicted octanol–water partition coefficient (Wildman–Crippen LogP) is 5.21. The maximum atomic E-state index is 12.1. The predicted molar refractivity (Wildman–Crippen MR) is 115 cm³/mol. The molecule has 0 atom stereocenters. The third-order valence-corrected chi connectivity index (χ3v) is 4.10. The molecule has 0 saturated carbocycles. The summed E-state index contributed by atoms with van der Waals surface area (Å²) in [4.78, 5) is 24.0. The molecule has 0 aromatic heterocycles. The van der Waals surface area contributed by atoms with Crippen LogP contribution < -0.4 is 10.6 Å². The highest BCUT2D eigenvalue weighted by Gasteiger charge is 2.07. The van der Waals surface area contributed by atoms with Crippen LogP contribution in [0.25, 0.3) is 12.2 Å². The number of carbonyl (C=O) groups is 2. The Morgan fingerprint density at radius 2 is 1.00 bits per heavy atom. The van der Waals surface area contributed by atoms with Gasteiger partial charge in [-0.2, -0.15) is 0 Å². The van der Waals surface area contributed by atoms with Crippen molar-refractivity contribution in [3.8, 4) is 0 Å². The summed E-state index contributed by atoms with van der Waals surface area (Å²) in [5.74, 6) is -0.362. The molecule has 0 aliphatic rings. The van der Waals surface area contributed by atoms with Gasteiger partial charge in [0.15, 0.2) is 0 Å². The molecule has 0 spiro atoms. The van der Waals surface area contributed by atoms with Crippen molar-refractivity contribution >= 4 is 35.3 Å². The van der Waals surface area contributed by atoms with E-state index in [0.717, 1.165) is 16.8 Å². The Morgan fingerprint density at radius 1 is 0.571 bits per heavy atom. The third-order valence-electron chi connectivity index (χ3n) is 4.10. The monoisotopic (exact) mass is 370 g/mol. The summed E-state index contributed by atoms with van der Waals surface area (Å²) in [5.41, 5.74) is 3.62. The average Bonchev–Trinajstić information content (AvgIpc) is 2.73. The lowest BCUT2D eigenvalue weighted by molar-refractivity contribution is -0.121. The van der Waals surface area contributed by atoms with Crippen LogP contribution in [0.15, 0.2) is 84.9 Å². The van der Waals surface area contributed by atoms with E-state index in [2.05, 4.69) is 10.6 Å². The minimum atomic E-state index is -0.184. The maximum absolute atomic E-state index is 12.1. The summed E-state index contributed by atoms with van der Waals surface area (Å²) in [6.07, 6.45) is 4.33. The van der Waals surface area contributed by atoms with Crippen LogP contribution in [0.3, 0.4) is 0 Å². The van der Waals surface area contributed by atoms with Gasteiger partial charge in [0.25, 0.3) is 0 Å². The summed E-state index contributed by atoms with van der Waals surface area (Å²) in [6.45, 7) is 0. The Labute approximate surface area is 164 Å². The van der Waals surface area contributed by atoms with Gasteiger partial charge in [0.1, 0.15) is 0 Å². The lowest BCUT2D eigenvalue weighted by atomic mass is 10.1. The number of hydrogen-bond donors (Lipinski definition) is 2. The molecule has 4 nitrogen and oxygen atoms in total. The van der Waals surface area contributed by atoms with Crippen molar-refractivity contribution in [3.63, 3.8) is 0 Å². The highest BCUT2D eigenvalue weighted by molar-refractivity contribution is 5.96. The van der Waals surface area contributed by atoms with E-state index < -0.39 is 0 Å². The van der Waals surface area contributed by atoms with Gasteiger partial charge < -0.3 is 10.6 Å². The van der Waals surface area contributed by atoms with Crippen LogP contribution >= 0.6 is 0 Å². The number of anilines is 2. The molecule has 3 aromatic rings. The van der Waals surface area contributed by atoms with E-state index in [1.165, 1.54) is 0 Å². The highest BCUT2D eigenvalue weighted by Crippen LogP contribution is 2.13. The zero-order valence-corrected chi connectivity index (χ0v) is 15.5. The van der Waals surface area contributed by atoms with E-state index in [-0.39, 0.29) is 24.7 Å². The van der Waals surface area contributed by atoms with Crippen molar-refractivity contribution in [2.45, 2.75) is 12.8 Å². The fourth-order valence-electron chi connectivity index (χ4n) is 2.63. The molecule has 3 aromatic carbocycles. The van der Waals surface area contributed by atoms with Crippen LogP contribution in [0.4, 0.5) is 11.4 Å². The molecule has 0 saturated heterocycles. The summed E-state index contributed by atoms with van der Waals surface area (Å²) >= 11 is 0. The first kappa shape index (κ1) is 19.1. The lowest BCUT2D eigenvalue weighted by Gasteiger charge is -2.07. The number of amides is 2. The van der Waals surface area contributed by atoms with Gasteiger partial charge in [0.05, 0.1) is 0 Å². The van der Waals surface area contributed by atoms with Crippen LogP contribution in [-0.4, -0.2) is 11.8 Å². The second-order valence-electron chi connectivity index (χ2n) is 6.33. The molecule has 0 bridgehead atoms. The Hall–Kier alpha value is -3.66. The SMILES string of the molecule is O=C(CCC(=O)Nc1ccc(/C=C/c2ccccc2)cc1)Nc1ccccc1. The topological polar surface area (TPSA) is 58.2 Å². The van der Waals surface area contributed by atoms with Crippen molar-refractivity contribution in [2.24, 2.45) is 0 Å². The molecule has 28 heavy (non-hydrogen) atoms. The summed E-state index contributed by atoms with van der Waals surface area (Å²) < 4.78 is 0. The molecule has 0 radical (unpaired) electrons. The summed E-state index contributed by atoms with van der Waals surface area (Å²) in [7, 11) is 0. The largest absolute Gasteiger partial charge is 0.326 e. The number of benzene rings is 3. The summed E-state index contributed by atoms with van der Waals surface area (Å²) in [6, 6.07) is 26.9. The van der Waals surface area contributed by atoms with E-state index in [1.807, 2.05) is 97.1 Å². The van der Waals surface area contributed by atoms with E-state index in [1.54, 1.807) is 0 Å². The second kappa shape index (κ2) is 9.88. The number of nitrogens with one attached hydrogen (secondary N) is 2. The van der Waals surface area contributed by atoms with Crippen LogP contribution in [-0.2, 0) is 9.59 Å². The molecule has 3 rings (SSSR count). The normalized spacial score (nSPS) is 10.6. The molecule has 0 unspecified atom stereocenters. The quantitative estimate of drug-likeness (QED) is 0.561. The number of carbonyl (C=O) groups excluding carboxylic acids is 2. The van der Waals surface area contributed by atoms with Gasteiger partial charge in [-0.15, -0.1) is 0 Å². The van der Waals surface area contributed by atoms with Gasteiger partial charge in [0, 0.05) is 24.2 Å². The number of para-hydroxylation sites is 1. The Bertz CT molecular complexity index is 933. The van der Waals surface area contributed by atoms with Crippen molar-refractivity contribution in [1.82, 2.24) is 0 Å². The molecule has 4 heteroatoms. The van der Waals surface area contributed by atoms with Gasteiger partial charge in [-0.05, 0) is 35.4 Å². The van der Waals surface area contributed by atoms with Gasteiger partial charge >= 0.3 is 0 Å². The van der Waals surface area contributed by atoms with Gasteiger partial charge in [-0.25, -0.2) is 0 Å². The zero-order chi connectivity index (χ0) is 19.6. The van der Waals surface area contributed by atoms with E-state index in [9.17, 15) is 9.59 Å². The molecular weight excluding hydrogens is 348 g/mol. The van der Waals surface area contributed by atoms with Gasteiger partial charge in [0.2, 0.25) is 11.8 Å². The van der Waals surface area contributed by atoms with E-state index in [4.69, 9.17) is 0 Å². The fourth-order valence-corrected chi connectivity index (χ4v) is 2.63. The highest BCUT2D eigenvalue weighted by atomic mass is 16.2. The first-order valence-corrected chi connectivity index (χ1v) is 9.17. The van der Waals surface area contributed by atoms with Crippen molar-refractivity contribution < 1.29 is 9.59 Å². The first-order chi connectivity index (χ1) is 13.7. The van der Waals surface area contributed by atoms with Crippen molar-refractivity contribution in [2.75, 3.05) is 10.6 Å². The maximum Gasteiger partial charge on any atom is 0.224 e. The zero-order valence-electron chi connectivity index (χ0n) is 15.5. The third kappa shape index (κ3) is 6.25. The lowest BCUT2D eigenvalue weighted by Crippen LogP contribution is -2.17. The van der Waals surface area contributed by atoms with E-state index >= 15 is 0 Å². The van der Waals surface area contributed by atoms with Crippen LogP contribution in [0.1, 0.15) is 24.0 Å². The fraction of sp³-hybridized carbons (Fsp3) is 0.0833. The van der Waals surface area contributed by atoms with Crippen molar-refractivity contribution in [1.29, 1.82) is 0 Å². The minimum absolute atomic E-state index is 0.133. The Morgan fingerprint density at radius 3 is 1.54 bits per heavy atom. The molecule has 0 fully saturated rings. The van der Waals surface area contributed by atoms with Crippen LogP contribution in [0, 0.1) is 0 Å². The molecule has 140 valence electrons. The number of hydrogen-bond acceptors (Lipinski definition) is 2. The molecule has 2 amide bonds. The van der Waals surface area contributed by atoms with Gasteiger partial charge in [-0.3, -0.25) is 9.59 Å². The second-order valence-corrected chi connectivity index (χ2v) is 6.33. The van der Waals surface area contributed by atoms with Crippen molar-refractivity contribution in [3.05, 3.63) is 96.1 Å². The first-order valence-electron chi connectivity index (χ1n) is 9.17. The smallest absolute Gasteiger partial charge is 0.224 e. The Balaban J connectivity index is 1.45. The average molecular weight is 370 g/mol. The standard InChI is InChI=1S/C24H22N2O2/c27-23(25-21-9-5-2-6-10-21)17-18-24(28)26-22-15-13-20(14-16-22)12-11-19-7-3-1-4-8-19/h1-16H,17-18H2,(H,25,27)(H,26,28)/b12-11+. The minimum Gasteiger partial charge on any atom is -0.326 e. The van der Waals surface area contributed by atoms with Crippen LogP contribution in [0.5, 0.6) is 0 Å². The number of rotatable bonds is 7. The molecule has 0 aliphatic carbocycles. The Kier molecular flexibility index (Phi) is 6.74. The molecule has 0 aliphatic heterocycles.